The molecule has 174 valence electrons. The molecule has 0 unspecified atom stereocenters. The van der Waals surface area contributed by atoms with Gasteiger partial charge in [-0.25, -0.2) is 0 Å². The third kappa shape index (κ3) is 576. The Hall–Kier alpha value is -3.30. The van der Waals surface area contributed by atoms with Crippen molar-refractivity contribution in [2.45, 2.75) is 40.2 Å². The zero-order valence-corrected chi connectivity index (χ0v) is 16.3. The average molecular weight is 435 g/mol. The Morgan fingerprint density at radius 3 is 0.724 bits per heavy atom. The summed E-state index contributed by atoms with van der Waals surface area (Å²) in [5, 5.41) is 61.2. The van der Waals surface area contributed by atoms with Gasteiger partial charge in [0.15, 0.2) is 0 Å². The molecule has 0 rings (SSSR count). The van der Waals surface area contributed by atoms with E-state index in [1.54, 1.807) is 0 Å². The zero-order chi connectivity index (χ0) is 25.2. The molecule has 0 aliphatic carbocycles. The minimum Gasteiger partial charge on any atom is -0.481 e. The highest BCUT2D eigenvalue weighted by Gasteiger charge is 2.01. The summed E-state index contributed by atoms with van der Waals surface area (Å²) in [6.07, 6.45) is -0.806. The minimum atomic E-state index is -1.31. The maximum atomic E-state index is 9.43. The summed E-state index contributed by atoms with van der Waals surface area (Å²) in [7, 11) is 0. The Bertz CT molecular complexity index is 383. The Morgan fingerprint density at radius 2 is 0.724 bits per heavy atom. The number of hydrogen-bond acceptors (Lipinski definition) is 9. The lowest BCUT2D eigenvalue weighted by Crippen LogP contribution is -2.27. The number of hydrogen-bond donors (Lipinski definition) is 9. The fraction of sp³-hybridized carbons (Fsp3) is 0.571. The molecule has 10 N–H and O–H groups in total. The zero-order valence-electron chi connectivity index (χ0n) is 16.3. The highest BCUT2D eigenvalue weighted by molar-refractivity contribution is 5.88. The van der Waals surface area contributed by atoms with Crippen LogP contribution in [0.2, 0.25) is 0 Å². The van der Waals surface area contributed by atoms with Crippen LogP contribution in [-0.4, -0.2) is 95.9 Å². The third-order valence-corrected chi connectivity index (χ3v) is 0.771. The maximum Gasteiger partial charge on any atom is 0.314 e. The third-order valence-electron chi connectivity index (χ3n) is 0.771. The van der Waals surface area contributed by atoms with E-state index in [1.807, 2.05) is 0 Å². The summed E-state index contributed by atoms with van der Waals surface area (Å²) in [6.45, 7) is 4.05. The van der Waals surface area contributed by atoms with Gasteiger partial charge in [-0.05, 0) is 0 Å². The topological polar surface area (TPSA) is 290 Å². The summed E-state index contributed by atoms with van der Waals surface area (Å²) < 4.78 is 0. The van der Waals surface area contributed by atoms with E-state index >= 15 is 0 Å². The highest BCUT2D eigenvalue weighted by atomic mass is 16.4. The second kappa shape index (κ2) is 32.4. The molecule has 0 aromatic carbocycles. The van der Waals surface area contributed by atoms with Crippen molar-refractivity contribution in [3.05, 3.63) is 0 Å². The first-order chi connectivity index (χ1) is 12.9. The Kier molecular flexibility index (Phi) is 45.1. The van der Waals surface area contributed by atoms with Crippen LogP contribution >= 0.6 is 0 Å². The van der Waals surface area contributed by atoms with Gasteiger partial charge in [-0.15, -0.1) is 0 Å². The molecular formula is C14H29NO14. The standard InChI is InChI=1S/C3H9NO2.C3H4O4.4C2H4O2/c4-3(1-5)2-6;4-2(5)1-3(6)7;4*1-2(3)4/h3,5-6H,1-2,4H2;1H2,(H,4,5)(H,6,7);4*1H3,(H,3,4). The molecule has 15 nitrogen and oxygen atoms in total. The Balaban J connectivity index is -0.0000000558. The second-order valence-electron chi connectivity index (χ2n) is 4.17. The van der Waals surface area contributed by atoms with Crippen molar-refractivity contribution in [1.29, 1.82) is 0 Å². The molecule has 0 atom stereocenters. The lowest BCUT2D eigenvalue weighted by Gasteiger charge is -1.98. The van der Waals surface area contributed by atoms with Crippen molar-refractivity contribution < 1.29 is 69.6 Å². The first-order valence-electron chi connectivity index (χ1n) is 7.06. The van der Waals surface area contributed by atoms with E-state index in [9.17, 15) is 9.59 Å². The molecule has 0 fully saturated rings. The van der Waals surface area contributed by atoms with E-state index in [1.165, 1.54) is 0 Å². The molecule has 0 saturated heterocycles. The molecule has 29 heavy (non-hydrogen) atoms. The molecule has 15 heteroatoms. The van der Waals surface area contributed by atoms with Gasteiger partial charge in [-0.1, -0.05) is 0 Å². The predicted molar refractivity (Wildman–Crippen MR) is 95.3 cm³/mol. The van der Waals surface area contributed by atoms with Crippen molar-refractivity contribution >= 4 is 35.8 Å². The van der Waals surface area contributed by atoms with Crippen LogP contribution in [0.4, 0.5) is 0 Å². The first-order valence-corrected chi connectivity index (χ1v) is 7.06. The number of aliphatic hydroxyl groups excluding tert-OH is 2. The van der Waals surface area contributed by atoms with Crippen LogP contribution in [0.5, 0.6) is 0 Å². The smallest absolute Gasteiger partial charge is 0.314 e. The van der Waals surface area contributed by atoms with Gasteiger partial charge in [0, 0.05) is 27.7 Å². The van der Waals surface area contributed by atoms with Gasteiger partial charge in [0.25, 0.3) is 23.9 Å². The quantitative estimate of drug-likeness (QED) is 0.220. The van der Waals surface area contributed by atoms with Gasteiger partial charge in [0.1, 0.15) is 6.42 Å². The highest BCUT2D eigenvalue weighted by Crippen LogP contribution is 1.74. The van der Waals surface area contributed by atoms with Crippen molar-refractivity contribution in [1.82, 2.24) is 0 Å². The van der Waals surface area contributed by atoms with E-state index in [0.29, 0.717) is 0 Å². The van der Waals surface area contributed by atoms with Crippen LogP contribution in [0.15, 0.2) is 0 Å². The molecule has 0 saturated carbocycles. The van der Waals surface area contributed by atoms with Crippen molar-refractivity contribution in [3.8, 4) is 0 Å². The van der Waals surface area contributed by atoms with Gasteiger partial charge >= 0.3 is 11.9 Å². The number of aliphatic carboxylic acids is 6. The number of carbonyl (C=O) groups is 6. The molecule has 0 aromatic heterocycles. The molecule has 0 amide bonds. The van der Waals surface area contributed by atoms with Crippen LogP contribution in [0.25, 0.3) is 0 Å². The van der Waals surface area contributed by atoms with E-state index in [0.717, 1.165) is 27.7 Å². The second-order valence-corrected chi connectivity index (χ2v) is 4.17. The lowest BCUT2D eigenvalue weighted by molar-refractivity contribution is -0.147. The Morgan fingerprint density at radius 1 is 0.586 bits per heavy atom. The SMILES string of the molecule is CC(=O)O.CC(=O)O.CC(=O)O.CC(=O)O.NC(CO)CO.O=C(O)CC(=O)O. The molecule has 0 aliphatic rings. The van der Waals surface area contributed by atoms with E-state index < -0.39 is 48.3 Å². The van der Waals surface area contributed by atoms with Crippen LogP contribution in [0.3, 0.4) is 0 Å². The fourth-order valence-corrected chi connectivity index (χ4v) is 0.187. The van der Waals surface area contributed by atoms with Crippen molar-refractivity contribution in [3.63, 3.8) is 0 Å². The van der Waals surface area contributed by atoms with Gasteiger partial charge in [-0.2, -0.15) is 0 Å². The Labute approximate surface area is 165 Å². The van der Waals surface area contributed by atoms with Crippen molar-refractivity contribution in [2.75, 3.05) is 13.2 Å². The summed E-state index contributed by atoms with van der Waals surface area (Å²) in [5.41, 5.74) is 4.97. The molecule has 0 radical (unpaired) electrons. The number of carboxylic acids is 6. The average Bonchev–Trinajstić information content (AvgIpc) is 2.43. The van der Waals surface area contributed by atoms with Gasteiger partial charge in [0.05, 0.1) is 19.3 Å². The summed E-state index contributed by atoms with van der Waals surface area (Å²) in [5.74, 6) is -5.96. The largest absolute Gasteiger partial charge is 0.481 e. The van der Waals surface area contributed by atoms with Crippen LogP contribution < -0.4 is 5.73 Å². The van der Waals surface area contributed by atoms with E-state index in [-0.39, 0.29) is 13.2 Å². The predicted octanol–water partition coefficient (Wildman–Crippen LogP) is -1.79. The monoisotopic (exact) mass is 435 g/mol. The molecular weight excluding hydrogens is 406 g/mol. The molecule has 0 spiro atoms. The fourth-order valence-electron chi connectivity index (χ4n) is 0.187. The molecule has 0 bridgehead atoms. The molecule has 0 heterocycles. The summed E-state index contributed by atoms with van der Waals surface area (Å²) >= 11 is 0. The van der Waals surface area contributed by atoms with Crippen LogP contribution in [0, 0.1) is 0 Å². The molecule has 0 aliphatic heterocycles. The first kappa shape index (κ1) is 40.4. The van der Waals surface area contributed by atoms with Crippen molar-refractivity contribution in [2.24, 2.45) is 5.73 Å². The number of aliphatic hydroxyl groups is 2. The van der Waals surface area contributed by atoms with Gasteiger partial charge in [-0.3, -0.25) is 28.8 Å². The van der Waals surface area contributed by atoms with E-state index in [2.05, 4.69) is 0 Å². The van der Waals surface area contributed by atoms with Gasteiger partial charge < -0.3 is 46.6 Å². The summed E-state index contributed by atoms with van der Waals surface area (Å²) in [6, 6.07) is -0.454. The van der Waals surface area contributed by atoms with Crippen LogP contribution in [0.1, 0.15) is 34.1 Å². The minimum absolute atomic E-state index is 0.142. The lowest BCUT2D eigenvalue weighted by atomic mass is 10.4. The number of nitrogens with two attached hydrogens (primary N) is 1. The number of carboxylic acid groups (broad SMARTS) is 6. The molecule has 0 aromatic rings. The normalized spacial score (nSPS) is 7.45. The maximum absolute atomic E-state index is 9.43. The summed E-state index contributed by atoms with van der Waals surface area (Å²) in [4.78, 5) is 54.9. The van der Waals surface area contributed by atoms with Crippen LogP contribution in [-0.2, 0) is 28.8 Å². The van der Waals surface area contributed by atoms with Gasteiger partial charge in [0.2, 0.25) is 0 Å². The number of rotatable bonds is 4. The van der Waals surface area contributed by atoms with E-state index in [4.69, 9.17) is 65.8 Å².